The SMILES string of the molecule is COCc1ccc(CNc2ccccc2)cc1. The molecule has 2 rings (SSSR count). The van der Waals surface area contributed by atoms with E-state index in [-0.39, 0.29) is 0 Å². The zero-order valence-electron chi connectivity index (χ0n) is 10.0. The van der Waals surface area contributed by atoms with Crippen molar-refractivity contribution in [2.75, 3.05) is 12.4 Å². The van der Waals surface area contributed by atoms with E-state index >= 15 is 0 Å². The van der Waals surface area contributed by atoms with Crippen LogP contribution in [0.25, 0.3) is 0 Å². The van der Waals surface area contributed by atoms with Gasteiger partial charge in [-0.3, -0.25) is 0 Å². The Hall–Kier alpha value is -1.80. The molecule has 0 unspecified atom stereocenters. The molecular formula is C15H17NO. The van der Waals surface area contributed by atoms with Gasteiger partial charge in [0, 0.05) is 19.3 Å². The van der Waals surface area contributed by atoms with E-state index in [4.69, 9.17) is 4.74 Å². The minimum absolute atomic E-state index is 0.673. The van der Waals surface area contributed by atoms with Gasteiger partial charge in [0.15, 0.2) is 0 Å². The maximum Gasteiger partial charge on any atom is 0.0713 e. The Bertz CT molecular complexity index is 436. The molecule has 17 heavy (non-hydrogen) atoms. The van der Waals surface area contributed by atoms with Crippen molar-refractivity contribution in [3.05, 3.63) is 65.7 Å². The molecule has 0 aliphatic carbocycles. The number of nitrogens with one attached hydrogen (secondary N) is 1. The van der Waals surface area contributed by atoms with Gasteiger partial charge in [0.2, 0.25) is 0 Å². The number of para-hydroxylation sites is 1. The fourth-order valence-electron chi connectivity index (χ4n) is 1.68. The van der Waals surface area contributed by atoms with E-state index < -0.39 is 0 Å². The maximum absolute atomic E-state index is 5.08. The van der Waals surface area contributed by atoms with Crippen molar-refractivity contribution in [2.45, 2.75) is 13.2 Å². The first kappa shape index (κ1) is 11.7. The molecule has 0 radical (unpaired) electrons. The molecule has 0 atom stereocenters. The summed E-state index contributed by atoms with van der Waals surface area (Å²) in [5, 5.41) is 3.38. The van der Waals surface area contributed by atoms with Crippen LogP contribution in [0.15, 0.2) is 54.6 Å². The lowest BCUT2D eigenvalue weighted by atomic mass is 10.1. The third-order valence-electron chi connectivity index (χ3n) is 2.60. The molecule has 88 valence electrons. The molecule has 0 spiro atoms. The van der Waals surface area contributed by atoms with E-state index in [1.807, 2.05) is 18.2 Å². The second-order valence-electron chi connectivity index (χ2n) is 3.97. The highest BCUT2D eigenvalue weighted by Crippen LogP contribution is 2.10. The number of methoxy groups -OCH3 is 1. The van der Waals surface area contributed by atoms with Gasteiger partial charge >= 0.3 is 0 Å². The minimum atomic E-state index is 0.673. The standard InChI is InChI=1S/C15H17NO/c1-17-12-14-9-7-13(8-10-14)11-16-15-5-3-2-4-6-15/h2-10,16H,11-12H2,1H3. The molecular weight excluding hydrogens is 210 g/mol. The normalized spacial score (nSPS) is 10.2. The third kappa shape index (κ3) is 3.61. The molecule has 0 aromatic heterocycles. The van der Waals surface area contributed by atoms with E-state index in [0.717, 1.165) is 12.2 Å². The Balaban J connectivity index is 1.91. The molecule has 2 heteroatoms. The lowest BCUT2D eigenvalue weighted by Gasteiger charge is -2.07. The molecule has 0 saturated heterocycles. The first-order chi connectivity index (χ1) is 8.38. The molecule has 2 nitrogen and oxygen atoms in total. The lowest BCUT2D eigenvalue weighted by Crippen LogP contribution is -1.99. The molecule has 1 N–H and O–H groups in total. The fraction of sp³-hybridized carbons (Fsp3) is 0.200. The molecule has 0 bridgehead atoms. The highest BCUT2D eigenvalue weighted by atomic mass is 16.5. The van der Waals surface area contributed by atoms with Gasteiger partial charge in [-0.25, -0.2) is 0 Å². The molecule has 2 aromatic carbocycles. The molecule has 0 fully saturated rings. The summed E-state index contributed by atoms with van der Waals surface area (Å²) in [5.41, 5.74) is 3.62. The number of hydrogen-bond donors (Lipinski definition) is 1. The first-order valence-corrected chi connectivity index (χ1v) is 5.74. The zero-order valence-corrected chi connectivity index (χ0v) is 10.0. The van der Waals surface area contributed by atoms with Gasteiger partial charge in [-0.1, -0.05) is 42.5 Å². The lowest BCUT2D eigenvalue weighted by molar-refractivity contribution is 0.185. The van der Waals surface area contributed by atoms with Crippen LogP contribution in [-0.4, -0.2) is 7.11 Å². The number of anilines is 1. The number of ether oxygens (including phenoxy) is 1. The smallest absolute Gasteiger partial charge is 0.0713 e. The van der Waals surface area contributed by atoms with Crippen LogP contribution in [0.4, 0.5) is 5.69 Å². The van der Waals surface area contributed by atoms with Crippen LogP contribution in [0.5, 0.6) is 0 Å². The highest BCUT2D eigenvalue weighted by molar-refractivity contribution is 5.43. The molecule has 0 heterocycles. The average molecular weight is 227 g/mol. The Morgan fingerprint density at radius 3 is 2.18 bits per heavy atom. The monoisotopic (exact) mass is 227 g/mol. The number of rotatable bonds is 5. The van der Waals surface area contributed by atoms with Crippen LogP contribution in [0.2, 0.25) is 0 Å². The average Bonchev–Trinajstić information content (AvgIpc) is 2.40. The number of benzene rings is 2. The van der Waals surface area contributed by atoms with Gasteiger partial charge in [0.05, 0.1) is 6.61 Å². The summed E-state index contributed by atoms with van der Waals surface area (Å²) in [6.07, 6.45) is 0. The highest BCUT2D eigenvalue weighted by Gasteiger charge is 1.95. The van der Waals surface area contributed by atoms with Crippen LogP contribution in [0, 0.1) is 0 Å². The molecule has 2 aromatic rings. The van der Waals surface area contributed by atoms with Gasteiger partial charge < -0.3 is 10.1 Å². The fourth-order valence-corrected chi connectivity index (χ4v) is 1.68. The molecule has 0 saturated carbocycles. The van der Waals surface area contributed by atoms with Gasteiger partial charge in [-0.05, 0) is 23.3 Å². The van der Waals surface area contributed by atoms with Crippen molar-refractivity contribution in [1.82, 2.24) is 0 Å². The predicted molar refractivity (Wildman–Crippen MR) is 70.9 cm³/mol. The summed E-state index contributed by atoms with van der Waals surface area (Å²) >= 11 is 0. The van der Waals surface area contributed by atoms with E-state index in [9.17, 15) is 0 Å². The van der Waals surface area contributed by atoms with E-state index in [1.54, 1.807) is 7.11 Å². The Morgan fingerprint density at radius 1 is 0.882 bits per heavy atom. The van der Waals surface area contributed by atoms with Crippen molar-refractivity contribution in [2.24, 2.45) is 0 Å². The van der Waals surface area contributed by atoms with Crippen molar-refractivity contribution < 1.29 is 4.74 Å². The summed E-state index contributed by atoms with van der Waals surface area (Å²) in [4.78, 5) is 0. The van der Waals surface area contributed by atoms with Crippen molar-refractivity contribution in [3.8, 4) is 0 Å². The largest absolute Gasteiger partial charge is 0.381 e. The second kappa shape index (κ2) is 6.06. The van der Waals surface area contributed by atoms with E-state index in [0.29, 0.717) is 6.61 Å². The summed E-state index contributed by atoms with van der Waals surface area (Å²) in [6, 6.07) is 18.7. The third-order valence-corrected chi connectivity index (χ3v) is 2.60. The zero-order chi connectivity index (χ0) is 11.9. The van der Waals surface area contributed by atoms with Crippen LogP contribution >= 0.6 is 0 Å². The summed E-state index contributed by atoms with van der Waals surface area (Å²) in [5.74, 6) is 0. The first-order valence-electron chi connectivity index (χ1n) is 5.74. The van der Waals surface area contributed by atoms with Crippen molar-refractivity contribution >= 4 is 5.69 Å². The Labute approximate surface area is 102 Å². The van der Waals surface area contributed by atoms with Crippen molar-refractivity contribution in [1.29, 1.82) is 0 Å². The number of hydrogen-bond acceptors (Lipinski definition) is 2. The molecule has 0 aliphatic rings. The van der Waals surface area contributed by atoms with Gasteiger partial charge in [0.25, 0.3) is 0 Å². The van der Waals surface area contributed by atoms with E-state index in [1.165, 1.54) is 11.1 Å². The molecule has 0 amide bonds. The Kier molecular flexibility index (Phi) is 4.17. The van der Waals surface area contributed by atoms with Crippen LogP contribution in [0.1, 0.15) is 11.1 Å². The van der Waals surface area contributed by atoms with Crippen LogP contribution < -0.4 is 5.32 Å². The topological polar surface area (TPSA) is 21.3 Å². The van der Waals surface area contributed by atoms with E-state index in [2.05, 4.69) is 41.7 Å². The predicted octanol–water partition coefficient (Wildman–Crippen LogP) is 3.45. The maximum atomic E-state index is 5.08. The van der Waals surface area contributed by atoms with Crippen LogP contribution in [0.3, 0.4) is 0 Å². The minimum Gasteiger partial charge on any atom is -0.381 e. The van der Waals surface area contributed by atoms with Gasteiger partial charge in [0.1, 0.15) is 0 Å². The van der Waals surface area contributed by atoms with Crippen molar-refractivity contribution in [3.63, 3.8) is 0 Å². The summed E-state index contributed by atoms with van der Waals surface area (Å²) < 4.78 is 5.08. The van der Waals surface area contributed by atoms with Gasteiger partial charge in [-0.15, -0.1) is 0 Å². The summed E-state index contributed by atoms with van der Waals surface area (Å²) in [7, 11) is 1.71. The van der Waals surface area contributed by atoms with Gasteiger partial charge in [-0.2, -0.15) is 0 Å². The second-order valence-corrected chi connectivity index (χ2v) is 3.97. The quantitative estimate of drug-likeness (QED) is 0.844. The molecule has 0 aliphatic heterocycles. The summed E-state index contributed by atoms with van der Waals surface area (Å²) in [6.45, 7) is 1.52. The van der Waals surface area contributed by atoms with Crippen LogP contribution in [-0.2, 0) is 17.9 Å². The Morgan fingerprint density at radius 2 is 1.53 bits per heavy atom.